The quantitative estimate of drug-likeness (QED) is 0.318. The fourth-order valence-electron chi connectivity index (χ4n) is 4.56. The lowest BCUT2D eigenvalue weighted by Crippen LogP contribution is -2.23. The number of aromatic carboxylic acids is 1. The summed E-state index contributed by atoms with van der Waals surface area (Å²) in [5.74, 6) is -0.347. The molecule has 35 heavy (non-hydrogen) atoms. The average molecular weight is 489 g/mol. The molecule has 1 fully saturated rings. The normalized spacial score (nSPS) is 17.9. The zero-order chi connectivity index (χ0) is 24.4. The number of benzene rings is 4. The van der Waals surface area contributed by atoms with E-state index in [0.717, 1.165) is 27.5 Å². The molecule has 5 rings (SSSR count). The molecule has 178 valence electrons. The van der Waals surface area contributed by atoms with E-state index in [1.54, 1.807) is 18.2 Å². The van der Waals surface area contributed by atoms with E-state index >= 15 is 0 Å². The number of ether oxygens (including phenoxy) is 2. The Hall–Kier alpha value is -3.38. The van der Waals surface area contributed by atoms with Crippen LogP contribution in [0.2, 0.25) is 5.02 Å². The Bertz CT molecular complexity index is 1370. The van der Waals surface area contributed by atoms with Gasteiger partial charge >= 0.3 is 5.97 Å². The van der Waals surface area contributed by atoms with Gasteiger partial charge in [0, 0.05) is 23.6 Å². The smallest absolute Gasteiger partial charge is 0.336 e. The van der Waals surface area contributed by atoms with Gasteiger partial charge in [0.25, 0.3) is 0 Å². The van der Waals surface area contributed by atoms with Crippen LogP contribution >= 0.6 is 11.6 Å². The molecule has 0 radical (unpaired) electrons. The third-order valence-electron chi connectivity index (χ3n) is 6.34. The molecule has 2 atom stereocenters. The third kappa shape index (κ3) is 5.17. The van der Waals surface area contributed by atoms with E-state index in [2.05, 4.69) is 0 Å². The first-order valence-electron chi connectivity index (χ1n) is 11.6. The first-order chi connectivity index (χ1) is 17.0. The minimum Gasteiger partial charge on any atom is -0.489 e. The maximum absolute atomic E-state index is 12.0. The van der Waals surface area contributed by atoms with Gasteiger partial charge in [-0.3, -0.25) is 0 Å². The standard InChI is InChI=1S/C29H25ClO5/c30-22-8-4-20(5-9-22)28-25(29(32)33)11-7-19-6-10-24(16-26(19)28)35-17-18-2-1-3-21(14-18)27-15-23(31)12-13-34-27/h1-11,14,16,23,27,31H,12-13,15,17H2,(H,32,33). The zero-order valence-electron chi connectivity index (χ0n) is 19.0. The SMILES string of the molecule is O=C(O)c1ccc2ccc(OCc3cccc(C4CC(O)CCO4)c3)cc2c1-c1ccc(Cl)cc1. The molecule has 0 spiro atoms. The van der Waals surface area contributed by atoms with Crippen LogP contribution in [0, 0.1) is 0 Å². The number of aliphatic hydroxyl groups excluding tert-OH is 1. The minimum absolute atomic E-state index is 0.115. The molecule has 1 aliphatic rings. The van der Waals surface area contributed by atoms with Crippen molar-refractivity contribution in [1.82, 2.24) is 0 Å². The summed E-state index contributed by atoms with van der Waals surface area (Å²) in [6.45, 7) is 0.904. The van der Waals surface area contributed by atoms with Crippen molar-refractivity contribution < 1.29 is 24.5 Å². The zero-order valence-corrected chi connectivity index (χ0v) is 19.7. The molecule has 0 amide bonds. The molecule has 0 bridgehead atoms. The second kappa shape index (κ2) is 10.1. The van der Waals surface area contributed by atoms with E-state index in [1.165, 1.54) is 0 Å². The fourth-order valence-corrected chi connectivity index (χ4v) is 4.68. The molecule has 2 unspecified atom stereocenters. The highest BCUT2D eigenvalue weighted by molar-refractivity contribution is 6.30. The number of rotatable bonds is 6. The second-order valence-corrected chi connectivity index (χ2v) is 9.19. The molecule has 6 heteroatoms. The number of hydrogen-bond donors (Lipinski definition) is 2. The van der Waals surface area contributed by atoms with Crippen LogP contribution in [0.15, 0.2) is 78.9 Å². The van der Waals surface area contributed by atoms with Crippen molar-refractivity contribution in [3.8, 4) is 16.9 Å². The van der Waals surface area contributed by atoms with E-state index in [1.807, 2.05) is 60.7 Å². The van der Waals surface area contributed by atoms with Crippen LogP contribution in [-0.4, -0.2) is 28.9 Å². The van der Waals surface area contributed by atoms with E-state index in [9.17, 15) is 15.0 Å². The molecule has 0 saturated carbocycles. The maximum atomic E-state index is 12.0. The number of fused-ring (bicyclic) bond motifs is 1. The van der Waals surface area contributed by atoms with Crippen molar-refractivity contribution >= 4 is 28.3 Å². The van der Waals surface area contributed by atoms with Gasteiger partial charge in [0.05, 0.1) is 17.8 Å². The summed E-state index contributed by atoms with van der Waals surface area (Å²) in [7, 11) is 0. The van der Waals surface area contributed by atoms with E-state index in [-0.39, 0.29) is 17.8 Å². The predicted octanol–water partition coefficient (Wildman–Crippen LogP) is 6.65. The summed E-state index contributed by atoms with van der Waals surface area (Å²) in [5.41, 5.74) is 3.64. The Labute approximate surface area is 208 Å². The Balaban J connectivity index is 1.44. The predicted molar refractivity (Wildman–Crippen MR) is 136 cm³/mol. The number of hydrogen-bond acceptors (Lipinski definition) is 4. The Morgan fingerprint density at radius 2 is 1.83 bits per heavy atom. The van der Waals surface area contributed by atoms with Gasteiger partial charge in [0.15, 0.2) is 0 Å². The fraction of sp³-hybridized carbons (Fsp3) is 0.207. The van der Waals surface area contributed by atoms with Crippen molar-refractivity contribution in [2.45, 2.75) is 31.7 Å². The Morgan fingerprint density at radius 1 is 1.03 bits per heavy atom. The first-order valence-corrected chi connectivity index (χ1v) is 11.9. The molecule has 1 heterocycles. The van der Waals surface area contributed by atoms with Crippen molar-refractivity contribution in [1.29, 1.82) is 0 Å². The number of aliphatic hydroxyl groups is 1. The maximum Gasteiger partial charge on any atom is 0.336 e. The largest absolute Gasteiger partial charge is 0.489 e. The number of halogens is 1. The van der Waals surface area contributed by atoms with Gasteiger partial charge in [0.2, 0.25) is 0 Å². The van der Waals surface area contributed by atoms with E-state index < -0.39 is 5.97 Å². The molecule has 4 aromatic rings. The van der Waals surface area contributed by atoms with Crippen LogP contribution in [0.4, 0.5) is 0 Å². The van der Waals surface area contributed by atoms with E-state index in [4.69, 9.17) is 21.1 Å². The van der Waals surface area contributed by atoms with Gasteiger partial charge in [-0.15, -0.1) is 0 Å². The van der Waals surface area contributed by atoms with Gasteiger partial charge in [-0.2, -0.15) is 0 Å². The second-order valence-electron chi connectivity index (χ2n) is 8.75. The molecular formula is C29H25ClO5. The van der Waals surface area contributed by atoms with E-state index in [0.29, 0.717) is 42.4 Å². The molecule has 2 N–H and O–H groups in total. The van der Waals surface area contributed by atoms with Crippen LogP contribution in [0.25, 0.3) is 21.9 Å². The molecular weight excluding hydrogens is 464 g/mol. The highest BCUT2D eigenvalue weighted by Crippen LogP contribution is 2.35. The Kier molecular flexibility index (Phi) is 6.73. The van der Waals surface area contributed by atoms with Crippen LogP contribution in [-0.2, 0) is 11.3 Å². The lowest BCUT2D eigenvalue weighted by molar-refractivity contribution is -0.0448. The lowest BCUT2D eigenvalue weighted by atomic mass is 9.93. The summed E-state index contributed by atoms with van der Waals surface area (Å²) in [6.07, 6.45) is 0.810. The highest BCUT2D eigenvalue weighted by Gasteiger charge is 2.22. The number of carboxylic acid groups (broad SMARTS) is 1. The average Bonchev–Trinajstić information content (AvgIpc) is 2.87. The van der Waals surface area contributed by atoms with Gasteiger partial charge in [0.1, 0.15) is 12.4 Å². The third-order valence-corrected chi connectivity index (χ3v) is 6.59. The molecule has 5 nitrogen and oxygen atoms in total. The minimum atomic E-state index is -0.991. The summed E-state index contributed by atoms with van der Waals surface area (Å²) >= 11 is 6.06. The first kappa shape index (κ1) is 23.4. The van der Waals surface area contributed by atoms with Crippen molar-refractivity contribution in [3.05, 3.63) is 101 Å². The summed E-state index contributed by atoms with van der Waals surface area (Å²) in [6, 6.07) is 24.3. The van der Waals surface area contributed by atoms with Crippen molar-refractivity contribution in [3.63, 3.8) is 0 Å². The summed E-state index contributed by atoms with van der Waals surface area (Å²) in [5, 5.41) is 22.1. The van der Waals surface area contributed by atoms with Gasteiger partial charge in [-0.05, 0) is 70.3 Å². The van der Waals surface area contributed by atoms with Gasteiger partial charge in [-0.25, -0.2) is 4.79 Å². The lowest BCUT2D eigenvalue weighted by Gasteiger charge is -2.27. The number of carbonyl (C=O) groups is 1. The van der Waals surface area contributed by atoms with Gasteiger partial charge in [-0.1, -0.05) is 54.1 Å². The Morgan fingerprint density at radius 3 is 2.60 bits per heavy atom. The van der Waals surface area contributed by atoms with Crippen LogP contribution in [0.3, 0.4) is 0 Å². The summed E-state index contributed by atoms with van der Waals surface area (Å²) in [4.78, 5) is 12.0. The topological polar surface area (TPSA) is 76.0 Å². The molecule has 4 aromatic carbocycles. The molecule has 1 aliphatic heterocycles. The van der Waals surface area contributed by atoms with Crippen LogP contribution in [0.1, 0.15) is 40.4 Å². The number of carboxylic acids is 1. The summed E-state index contributed by atoms with van der Waals surface area (Å²) < 4.78 is 12.0. The highest BCUT2D eigenvalue weighted by atomic mass is 35.5. The van der Waals surface area contributed by atoms with Crippen molar-refractivity contribution in [2.75, 3.05) is 6.61 Å². The molecule has 1 saturated heterocycles. The molecule has 0 aromatic heterocycles. The van der Waals surface area contributed by atoms with Gasteiger partial charge < -0.3 is 19.7 Å². The monoisotopic (exact) mass is 488 g/mol. The van der Waals surface area contributed by atoms with Crippen LogP contribution in [0.5, 0.6) is 5.75 Å². The van der Waals surface area contributed by atoms with Crippen LogP contribution < -0.4 is 4.74 Å². The molecule has 0 aliphatic carbocycles. The van der Waals surface area contributed by atoms with Crippen molar-refractivity contribution in [2.24, 2.45) is 0 Å².